The molecule has 30 heavy (non-hydrogen) atoms. The highest BCUT2D eigenvalue weighted by molar-refractivity contribution is 7.77. The third-order valence-electron chi connectivity index (χ3n) is 4.88. The number of hydrogen-bond acceptors (Lipinski definition) is 6. The number of ether oxygens (including phenoxy) is 1. The van der Waals surface area contributed by atoms with Crippen LogP contribution in [0.4, 0.5) is 0 Å². The monoisotopic (exact) mass is 440 g/mol. The molecule has 0 spiro atoms. The Balaban J connectivity index is 1.66. The average Bonchev–Trinajstić information content (AvgIpc) is 3.35. The average molecular weight is 441 g/mol. The lowest BCUT2D eigenvalue weighted by Crippen LogP contribution is -2.20. The molecular weight excluding hydrogens is 420 g/mol. The molecule has 0 radical (unpaired) electrons. The van der Waals surface area contributed by atoms with Gasteiger partial charge in [0.2, 0.25) is 11.3 Å². The molecule has 0 bridgehead atoms. The van der Waals surface area contributed by atoms with Crippen LogP contribution in [0.25, 0.3) is 21.1 Å². The number of nitrogens with one attached hydrogen (secondary N) is 1. The SMILES string of the molecule is CC(C)Oc1ccc(-c2nnc(-c3cccc4c3CC[C@@H]4NS(=O)O)s2)cc1C#N. The van der Waals surface area contributed by atoms with Crippen LogP contribution in [-0.4, -0.2) is 25.1 Å². The summed E-state index contributed by atoms with van der Waals surface area (Å²) < 4.78 is 28.7. The van der Waals surface area contributed by atoms with Gasteiger partial charge in [0.05, 0.1) is 11.7 Å². The van der Waals surface area contributed by atoms with Crippen LogP contribution >= 0.6 is 11.3 Å². The minimum Gasteiger partial charge on any atom is -0.490 e. The van der Waals surface area contributed by atoms with Crippen molar-refractivity contribution in [3.63, 3.8) is 0 Å². The molecule has 0 fully saturated rings. The second kappa shape index (κ2) is 8.62. The van der Waals surface area contributed by atoms with E-state index in [0.29, 0.717) is 11.3 Å². The molecular formula is C21H20N4O3S2. The van der Waals surface area contributed by atoms with Crippen LogP contribution < -0.4 is 9.46 Å². The predicted molar refractivity (Wildman–Crippen MR) is 116 cm³/mol. The van der Waals surface area contributed by atoms with Gasteiger partial charge in [0.1, 0.15) is 21.8 Å². The van der Waals surface area contributed by atoms with Gasteiger partial charge in [-0.3, -0.25) is 4.55 Å². The summed E-state index contributed by atoms with van der Waals surface area (Å²) in [6.07, 6.45) is 1.54. The van der Waals surface area contributed by atoms with E-state index >= 15 is 0 Å². The van der Waals surface area contributed by atoms with Crippen molar-refractivity contribution in [2.75, 3.05) is 0 Å². The third kappa shape index (κ3) is 4.13. The van der Waals surface area contributed by atoms with Gasteiger partial charge in [-0.2, -0.15) is 5.26 Å². The standard InChI is InChI=1S/C21H20N4O3S2/c1-12(2)28-19-9-6-13(10-14(19)11-22)20-23-24-21(29-20)17-5-3-4-16-15(17)7-8-18(16)25-30(26)27/h3-6,9-10,12,18,25H,7-8H2,1-2H3,(H,26,27)/t18-/m0/s1. The second-order valence-corrected chi connectivity index (χ2v) is 8.94. The normalized spacial score (nSPS) is 16.3. The van der Waals surface area contributed by atoms with E-state index in [-0.39, 0.29) is 12.1 Å². The summed E-state index contributed by atoms with van der Waals surface area (Å²) in [5, 5.41) is 19.7. The first-order valence-electron chi connectivity index (χ1n) is 9.50. The maximum Gasteiger partial charge on any atom is 0.232 e. The number of nitrogens with zero attached hydrogens (tertiary/aromatic N) is 3. The number of fused-ring (bicyclic) bond motifs is 1. The quantitative estimate of drug-likeness (QED) is 0.555. The summed E-state index contributed by atoms with van der Waals surface area (Å²) in [6.45, 7) is 3.84. The van der Waals surface area contributed by atoms with Gasteiger partial charge in [0.25, 0.3) is 0 Å². The second-order valence-electron chi connectivity index (χ2n) is 7.23. The Hall–Kier alpha value is -2.64. The Kier molecular flexibility index (Phi) is 5.92. The topological polar surface area (TPSA) is 108 Å². The number of benzene rings is 2. The fourth-order valence-electron chi connectivity index (χ4n) is 3.65. The van der Waals surface area contributed by atoms with Crippen molar-refractivity contribution in [1.29, 1.82) is 5.26 Å². The molecule has 1 heterocycles. The molecule has 4 rings (SSSR count). The summed E-state index contributed by atoms with van der Waals surface area (Å²) in [5.41, 5.74) is 4.42. The zero-order valence-corrected chi connectivity index (χ0v) is 18.1. The minimum absolute atomic E-state index is 0.0159. The zero-order valence-electron chi connectivity index (χ0n) is 16.5. The summed E-state index contributed by atoms with van der Waals surface area (Å²) in [5.74, 6) is 0.557. The van der Waals surface area contributed by atoms with Crippen molar-refractivity contribution >= 4 is 22.6 Å². The molecule has 1 aliphatic rings. The van der Waals surface area contributed by atoms with Gasteiger partial charge < -0.3 is 4.74 Å². The molecule has 0 saturated carbocycles. The van der Waals surface area contributed by atoms with Crippen molar-refractivity contribution in [3.8, 4) is 33.0 Å². The largest absolute Gasteiger partial charge is 0.490 e. The van der Waals surface area contributed by atoms with Crippen molar-refractivity contribution in [3.05, 3.63) is 53.1 Å². The molecule has 1 unspecified atom stereocenters. The summed E-state index contributed by atoms with van der Waals surface area (Å²) >= 11 is -0.599. The van der Waals surface area contributed by atoms with Crippen molar-refractivity contribution < 1.29 is 13.5 Å². The molecule has 154 valence electrons. The number of hydrogen-bond donors (Lipinski definition) is 2. The van der Waals surface area contributed by atoms with E-state index in [4.69, 9.17) is 4.74 Å². The highest BCUT2D eigenvalue weighted by Crippen LogP contribution is 2.40. The van der Waals surface area contributed by atoms with E-state index in [1.807, 2.05) is 38.1 Å². The summed E-state index contributed by atoms with van der Waals surface area (Å²) in [6, 6.07) is 13.4. The molecule has 2 aromatic carbocycles. The van der Waals surface area contributed by atoms with E-state index in [9.17, 15) is 14.0 Å². The summed E-state index contributed by atoms with van der Waals surface area (Å²) in [4.78, 5) is 0. The van der Waals surface area contributed by atoms with Crippen LogP contribution in [0.2, 0.25) is 0 Å². The maximum atomic E-state index is 11.2. The van der Waals surface area contributed by atoms with Gasteiger partial charge >= 0.3 is 0 Å². The Morgan fingerprint density at radius 2 is 2.10 bits per heavy atom. The van der Waals surface area contributed by atoms with Gasteiger partial charge in [-0.25, -0.2) is 8.93 Å². The maximum absolute atomic E-state index is 11.2. The minimum atomic E-state index is -2.06. The van der Waals surface area contributed by atoms with Crippen LogP contribution in [0.5, 0.6) is 5.75 Å². The first kappa shape index (κ1) is 20.6. The molecule has 1 aliphatic carbocycles. The van der Waals surface area contributed by atoms with Crippen LogP contribution in [0, 0.1) is 11.3 Å². The molecule has 0 amide bonds. The lowest BCUT2D eigenvalue weighted by molar-refractivity contribution is 0.242. The first-order chi connectivity index (χ1) is 14.5. The molecule has 0 saturated heterocycles. The Morgan fingerprint density at radius 3 is 2.83 bits per heavy atom. The molecule has 1 aromatic heterocycles. The third-order valence-corrected chi connectivity index (χ3v) is 6.37. The van der Waals surface area contributed by atoms with Gasteiger partial charge in [-0.15, -0.1) is 10.2 Å². The highest BCUT2D eigenvalue weighted by atomic mass is 32.2. The Morgan fingerprint density at radius 1 is 1.30 bits per heavy atom. The molecule has 9 heteroatoms. The highest BCUT2D eigenvalue weighted by Gasteiger charge is 2.27. The van der Waals surface area contributed by atoms with E-state index < -0.39 is 11.3 Å². The van der Waals surface area contributed by atoms with Gasteiger partial charge in [-0.1, -0.05) is 29.5 Å². The van der Waals surface area contributed by atoms with E-state index in [2.05, 4.69) is 21.0 Å². The molecule has 2 N–H and O–H groups in total. The van der Waals surface area contributed by atoms with Crippen LogP contribution in [0.15, 0.2) is 36.4 Å². The number of rotatable bonds is 6. The zero-order chi connectivity index (χ0) is 21.3. The fraction of sp³-hybridized carbons (Fsp3) is 0.286. The molecule has 0 aliphatic heterocycles. The first-order valence-corrected chi connectivity index (χ1v) is 11.4. The fourth-order valence-corrected chi connectivity index (χ4v) is 5.04. The van der Waals surface area contributed by atoms with Gasteiger partial charge in [0, 0.05) is 17.2 Å². The van der Waals surface area contributed by atoms with Crippen LogP contribution in [-0.2, 0) is 17.7 Å². The lowest BCUT2D eigenvalue weighted by atomic mass is 10.0. The Bertz CT molecular complexity index is 1150. The van der Waals surface area contributed by atoms with E-state index in [0.717, 1.165) is 45.1 Å². The Labute approximate surface area is 181 Å². The molecule has 7 nitrogen and oxygen atoms in total. The van der Waals surface area contributed by atoms with Crippen molar-refractivity contribution in [1.82, 2.24) is 14.9 Å². The smallest absolute Gasteiger partial charge is 0.232 e. The predicted octanol–water partition coefficient (Wildman–Crippen LogP) is 4.24. The van der Waals surface area contributed by atoms with Gasteiger partial charge in [-0.05, 0) is 56.0 Å². The van der Waals surface area contributed by atoms with E-state index in [1.54, 1.807) is 12.1 Å². The van der Waals surface area contributed by atoms with E-state index in [1.165, 1.54) is 11.3 Å². The van der Waals surface area contributed by atoms with Crippen molar-refractivity contribution in [2.45, 2.75) is 38.8 Å². The lowest BCUT2D eigenvalue weighted by Gasteiger charge is -2.11. The number of aromatic nitrogens is 2. The van der Waals surface area contributed by atoms with Crippen molar-refractivity contribution in [2.24, 2.45) is 0 Å². The van der Waals surface area contributed by atoms with Crippen LogP contribution in [0.1, 0.15) is 43.0 Å². The molecule has 2 atom stereocenters. The van der Waals surface area contributed by atoms with Gasteiger partial charge in [0.15, 0.2) is 0 Å². The summed E-state index contributed by atoms with van der Waals surface area (Å²) in [7, 11) is 0. The molecule has 3 aromatic rings. The number of nitriles is 1. The van der Waals surface area contributed by atoms with Crippen LogP contribution in [0.3, 0.4) is 0 Å².